The molecular weight excluding hydrogens is 258 g/mol. The predicted octanol–water partition coefficient (Wildman–Crippen LogP) is 0.329. The normalized spacial score (nSPS) is 25.4. The van der Waals surface area contributed by atoms with Crippen LogP contribution in [0.15, 0.2) is 12.3 Å². The Morgan fingerprint density at radius 1 is 1.40 bits per heavy atom. The van der Waals surface area contributed by atoms with Crippen LogP contribution < -0.4 is 10.2 Å². The molecule has 1 aromatic rings. The molecule has 0 aromatic carbocycles. The van der Waals surface area contributed by atoms with E-state index < -0.39 is 5.54 Å². The van der Waals surface area contributed by atoms with Crippen molar-refractivity contribution >= 4 is 17.8 Å². The highest BCUT2D eigenvalue weighted by molar-refractivity contribution is 6.06. The maximum Gasteiger partial charge on any atom is 0.325 e. The number of amides is 3. The SMILES string of the molecule is Cn1ccc(N2CCC(N3C(=O)NC(C)(C)C3=O)C2)n1. The minimum atomic E-state index is -0.796. The first-order chi connectivity index (χ1) is 9.38. The lowest BCUT2D eigenvalue weighted by atomic mass is 10.1. The first-order valence-corrected chi connectivity index (χ1v) is 6.79. The molecule has 0 saturated carbocycles. The molecule has 0 aliphatic carbocycles. The molecule has 0 radical (unpaired) electrons. The number of hydrogen-bond acceptors (Lipinski definition) is 4. The van der Waals surface area contributed by atoms with E-state index in [2.05, 4.69) is 15.3 Å². The molecule has 3 heterocycles. The summed E-state index contributed by atoms with van der Waals surface area (Å²) in [6.07, 6.45) is 2.67. The van der Waals surface area contributed by atoms with E-state index in [1.54, 1.807) is 18.5 Å². The number of anilines is 1. The van der Waals surface area contributed by atoms with Gasteiger partial charge < -0.3 is 10.2 Å². The standard InChI is InChI=1S/C13H19N5O2/c1-13(2)11(19)18(12(20)14-13)9-4-7-17(8-9)10-5-6-16(3)15-10/h5-6,9H,4,7-8H2,1-3H3,(H,14,20). The smallest absolute Gasteiger partial charge is 0.325 e. The van der Waals surface area contributed by atoms with Gasteiger partial charge in [-0.2, -0.15) is 5.10 Å². The number of aryl methyl sites for hydroxylation is 1. The number of aromatic nitrogens is 2. The Morgan fingerprint density at radius 3 is 2.70 bits per heavy atom. The summed E-state index contributed by atoms with van der Waals surface area (Å²) >= 11 is 0. The number of carbonyl (C=O) groups excluding carboxylic acids is 2. The summed E-state index contributed by atoms with van der Waals surface area (Å²) in [6.45, 7) is 4.92. The summed E-state index contributed by atoms with van der Waals surface area (Å²) in [6, 6.07) is 1.58. The lowest BCUT2D eigenvalue weighted by Crippen LogP contribution is -2.44. The van der Waals surface area contributed by atoms with E-state index in [1.165, 1.54) is 4.90 Å². The second-order valence-electron chi connectivity index (χ2n) is 5.97. The van der Waals surface area contributed by atoms with Gasteiger partial charge in [0.15, 0.2) is 5.82 Å². The molecule has 1 aromatic heterocycles. The zero-order valence-electron chi connectivity index (χ0n) is 12.0. The van der Waals surface area contributed by atoms with E-state index in [4.69, 9.17) is 0 Å². The maximum absolute atomic E-state index is 12.3. The molecule has 1 N–H and O–H groups in total. The van der Waals surface area contributed by atoms with Crippen LogP contribution >= 0.6 is 0 Å². The highest BCUT2D eigenvalue weighted by Gasteiger charge is 2.48. The monoisotopic (exact) mass is 277 g/mol. The van der Waals surface area contributed by atoms with Gasteiger partial charge in [-0.1, -0.05) is 0 Å². The van der Waals surface area contributed by atoms with Gasteiger partial charge in [0.05, 0.1) is 6.04 Å². The lowest BCUT2D eigenvalue weighted by Gasteiger charge is -2.22. The third kappa shape index (κ3) is 1.93. The average molecular weight is 277 g/mol. The fraction of sp³-hybridized carbons (Fsp3) is 0.615. The number of hydrogen-bond donors (Lipinski definition) is 1. The van der Waals surface area contributed by atoms with Crippen LogP contribution in [0.5, 0.6) is 0 Å². The van der Waals surface area contributed by atoms with Crippen molar-refractivity contribution in [2.45, 2.75) is 31.8 Å². The third-order valence-corrected chi connectivity index (χ3v) is 3.94. The van der Waals surface area contributed by atoms with Crippen molar-refractivity contribution in [3.63, 3.8) is 0 Å². The topological polar surface area (TPSA) is 70.5 Å². The molecule has 2 aliphatic rings. The summed E-state index contributed by atoms with van der Waals surface area (Å²) in [5.74, 6) is 0.747. The van der Waals surface area contributed by atoms with Crippen LogP contribution in [0.25, 0.3) is 0 Å². The molecule has 7 nitrogen and oxygen atoms in total. The van der Waals surface area contributed by atoms with E-state index in [0.717, 1.165) is 18.8 Å². The lowest BCUT2D eigenvalue weighted by molar-refractivity contribution is -0.131. The summed E-state index contributed by atoms with van der Waals surface area (Å²) in [4.78, 5) is 27.8. The zero-order chi connectivity index (χ0) is 14.5. The van der Waals surface area contributed by atoms with E-state index in [-0.39, 0.29) is 18.0 Å². The average Bonchev–Trinajstić information content (AvgIpc) is 3.00. The second kappa shape index (κ2) is 4.22. The van der Waals surface area contributed by atoms with Crippen LogP contribution in [0.2, 0.25) is 0 Å². The molecule has 7 heteroatoms. The van der Waals surface area contributed by atoms with Gasteiger partial charge in [0.25, 0.3) is 5.91 Å². The number of nitrogens with one attached hydrogen (secondary N) is 1. The number of rotatable bonds is 2. The Labute approximate surface area is 117 Å². The van der Waals surface area contributed by atoms with Crippen molar-refractivity contribution in [3.05, 3.63) is 12.3 Å². The van der Waals surface area contributed by atoms with Crippen molar-refractivity contribution < 1.29 is 9.59 Å². The molecule has 2 aliphatic heterocycles. The van der Waals surface area contributed by atoms with Gasteiger partial charge in [0.2, 0.25) is 0 Å². The molecular formula is C13H19N5O2. The van der Waals surface area contributed by atoms with Gasteiger partial charge >= 0.3 is 6.03 Å². The number of nitrogens with zero attached hydrogens (tertiary/aromatic N) is 4. The van der Waals surface area contributed by atoms with Crippen LogP contribution in [0.3, 0.4) is 0 Å². The van der Waals surface area contributed by atoms with Gasteiger partial charge in [0, 0.05) is 32.4 Å². The second-order valence-corrected chi connectivity index (χ2v) is 5.97. The van der Waals surface area contributed by atoms with E-state index >= 15 is 0 Å². The number of carbonyl (C=O) groups is 2. The first kappa shape index (κ1) is 13.0. The van der Waals surface area contributed by atoms with Crippen molar-refractivity contribution in [1.29, 1.82) is 0 Å². The minimum Gasteiger partial charge on any atom is -0.353 e. The van der Waals surface area contributed by atoms with Crippen molar-refractivity contribution in [3.8, 4) is 0 Å². The molecule has 2 saturated heterocycles. The summed E-state index contributed by atoms with van der Waals surface area (Å²) in [5, 5.41) is 7.09. The Balaban J connectivity index is 1.74. The van der Waals surface area contributed by atoms with Crippen molar-refractivity contribution in [1.82, 2.24) is 20.0 Å². The molecule has 1 atom stereocenters. The Morgan fingerprint density at radius 2 is 2.15 bits per heavy atom. The van der Waals surface area contributed by atoms with Crippen molar-refractivity contribution in [2.75, 3.05) is 18.0 Å². The van der Waals surface area contributed by atoms with Crippen molar-refractivity contribution in [2.24, 2.45) is 7.05 Å². The highest BCUT2D eigenvalue weighted by Crippen LogP contribution is 2.26. The maximum atomic E-state index is 12.3. The van der Waals surface area contributed by atoms with Gasteiger partial charge in [-0.3, -0.25) is 14.4 Å². The third-order valence-electron chi connectivity index (χ3n) is 3.94. The van der Waals surface area contributed by atoms with Crippen LogP contribution in [0.4, 0.5) is 10.6 Å². The van der Waals surface area contributed by atoms with Gasteiger partial charge in [0.1, 0.15) is 5.54 Å². The van der Waals surface area contributed by atoms with E-state index in [9.17, 15) is 9.59 Å². The van der Waals surface area contributed by atoms with Gasteiger partial charge in [-0.25, -0.2) is 4.79 Å². The molecule has 2 fully saturated rings. The Kier molecular flexibility index (Phi) is 2.74. The van der Waals surface area contributed by atoms with E-state index in [0.29, 0.717) is 6.54 Å². The zero-order valence-corrected chi connectivity index (χ0v) is 12.0. The minimum absolute atomic E-state index is 0.0775. The Bertz CT molecular complexity index is 565. The summed E-state index contributed by atoms with van der Waals surface area (Å²) < 4.78 is 1.75. The van der Waals surface area contributed by atoms with Crippen LogP contribution in [-0.2, 0) is 11.8 Å². The molecule has 3 amide bonds. The molecule has 3 rings (SSSR count). The van der Waals surface area contributed by atoms with Gasteiger partial charge in [-0.05, 0) is 20.3 Å². The Hall–Kier alpha value is -2.05. The van der Waals surface area contributed by atoms with Crippen LogP contribution in [0, 0.1) is 0 Å². The fourth-order valence-electron chi connectivity index (χ4n) is 2.84. The van der Waals surface area contributed by atoms with Crippen LogP contribution in [0.1, 0.15) is 20.3 Å². The molecule has 20 heavy (non-hydrogen) atoms. The van der Waals surface area contributed by atoms with Gasteiger partial charge in [-0.15, -0.1) is 0 Å². The van der Waals surface area contributed by atoms with E-state index in [1.807, 2.05) is 19.3 Å². The number of imide groups is 1. The summed E-state index contributed by atoms with van der Waals surface area (Å²) in [5.41, 5.74) is -0.796. The predicted molar refractivity (Wildman–Crippen MR) is 73.3 cm³/mol. The molecule has 0 spiro atoms. The van der Waals surface area contributed by atoms with Crippen LogP contribution in [-0.4, -0.2) is 51.3 Å². The summed E-state index contributed by atoms with van der Waals surface area (Å²) in [7, 11) is 1.87. The fourth-order valence-corrected chi connectivity index (χ4v) is 2.84. The highest BCUT2D eigenvalue weighted by atomic mass is 16.2. The molecule has 1 unspecified atom stereocenters. The molecule has 0 bridgehead atoms. The molecule has 108 valence electrons. The first-order valence-electron chi connectivity index (χ1n) is 6.79. The number of urea groups is 1. The largest absolute Gasteiger partial charge is 0.353 e. The quantitative estimate of drug-likeness (QED) is 0.791.